The van der Waals surface area contributed by atoms with Crippen molar-refractivity contribution in [3.63, 3.8) is 0 Å². The van der Waals surface area contributed by atoms with Crippen molar-refractivity contribution in [2.45, 2.75) is 40.0 Å². The second kappa shape index (κ2) is 4.68. The van der Waals surface area contributed by atoms with Crippen LogP contribution in [-0.4, -0.2) is 16.9 Å². The maximum absolute atomic E-state index is 12.5. The van der Waals surface area contributed by atoms with Gasteiger partial charge in [-0.25, -0.2) is 4.90 Å². The van der Waals surface area contributed by atoms with Gasteiger partial charge in [-0.3, -0.25) is 9.59 Å². The molecule has 2 amide bonds. The van der Waals surface area contributed by atoms with Crippen LogP contribution in [-0.2, 0) is 9.59 Å². The molecule has 0 atom stereocenters. The summed E-state index contributed by atoms with van der Waals surface area (Å²) in [7, 11) is 0. The third-order valence-electron chi connectivity index (χ3n) is 4.20. The smallest absolute Gasteiger partial charge is 0.240 e. The number of hydrogen-bond acceptors (Lipinski definition) is 3. The van der Waals surface area contributed by atoms with E-state index in [1.54, 1.807) is 19.1 Å². The van der Waals surface area contributed by atoms with Crippen molar-refractivity contribution < 1.29 is 14.7 Å². The van der Waals surface area contributed by atoms with Gasteiger partial charge in [0.15, 0.2) is 0 Å². The van der Waals surface area contributed by atoms with Crippen LogP contribution in [0.4, 0.5) is 5.69 Å². The normalized spacial score (nSPS) is 18.2. The Morgan fingerprint density at radius 2 is 1.89 bits per heavy atom. The number of benzene rings is 1. The van der Waals surface area contributed by atoms with E-state index in [-0.39, 0.29) is 24.0 Å². The van der Waals surface area contributed by atoms with Gasteiger partial charge in [0, 0.05) is 12.5 Å². The predicted molar refractivity (Wildman–Crippen MR) is 73.0 cm³/mol. The number of anilines is 1. The molecule has 0 saturated carbocycles. The minimum atomic E-state index is -0.572. The molecule has 1 N–H and O–H groups in total. The van der Waals surface area contributed by atoms with Crippen LogP contribution in [0.15, 0.2) is 18.2 Å². The quantitative estimate of drug-likeness (QED) is 0.851. The van der Waals surface area contributed by atoms with Crippen LogP contribution < -0.4 is 4.90 Å². The van der Waals surface area contributed by atoms with Gasteiger partial charge in [-0.1, -0.05) is 19.9 Å². The summed E-state index contributed by atoms with van der Waals surface area (Å²) in [6.45, 7) is 5.64. The van der Waals surface area contributed by atoms with Crippen LogP contribution in [0.1, 0.15) is 38.7 Å². The molecule has 4 heteroatoms. The summed E-state index contributed by atoms with van der Waals surface area (Å²) >= 11 is 0. The number of aryl methyl sites for hydroxylation is 1. The highest BCUT2D eigenvalue weighted by Crippen LogP contribution is 2.41. The van der Waals surface area contributed by atoms with E-state index >= 15 is 0 Å². The minimum Gasteiger partial charge on any atom is -0.508 e. The van der Waals surface area contributed by atoms with Crippen molar-refractivity contribution in [2.24, 2.45) is 5.41 Å². The molecule has 1 aromatic rings. The molecule has 19 heavy (non-hydrogen) atoms. The van der Waals surface area contributed by atoms with Crippen molar-refractivity contribution in [1.82, 2.24) is 0 Å². The average molecular weight is 261 g/mol. The summed E-state index contributed by atoms with van der Waals surface area (Å²) < 4.78 is 0. The highest BCUT2D eigenvalue weighted by atomic mass is 16.3. The molecule has 0 aromatic heterocycles. The third kappa shape index (κ3) is 2.01. The monoisotopic (exact) mass is 261 g/mol. The number of aromatic hydroxyl groups is 1. The second-order valence-corrected chi connectivity index (χ2v) is 5.17. The lowest BCUT2D eigenvalue weighted by Gasteiger charge is -2.23. The first-order valence-electron chi connectivity index (χ1n) is 6.62. The lowest BCUT2D eigenvalue weighted by molar-refractivity contribution is -0.126. The van der Waals surface area contributed by atoms with Gasteiger partial charge in [-0.05, 0) is 31.4 Å². The first-order valence-corrected chi connectivity index (χ1v) is 6.62. The van der Waals surface area contributed by atoms with Crippen LogP contribution in [0.2, 0.25) is 0 Å². The Morgan fingerprint density at radius 1 is 1.26 bits per heavy atom. The van der Waals surface area contributed by atoms with E-state index in [0.29, 0.717) is 18.5 Å². The van der Waals surface area contributed by atoms with Gasteiger partial charge in [0.25, 0.3) is 0 Å². The average Bonchev–Trinajstić information content (AvgIpc) is 2.65. The van der Waals surface area contributed by atoms with Gasteiger partial charge in [-0.15, -0.1) is 0 Å². The molecule has 102 valence electrons. The molecular weight excluding hydrogens is 242 g/mol. The molecule has 1 heterocycles. The first-order chi connectivity index (χ1) is 8.95. The molecule has 1 aromatic carbocycles. The number of nitrogens with zero attached hydrogens (tertiary/aromatic N) is 1. The van der Waals surface area contributed by atoms with E-state index in [1.165, 1.54) is 11.0 Å². The third-order valence-corrected chi connectivity index (χ3v) is 4.20. The molecule has 1 fully saturated rings. The maximum atomic E-state index is 12.5. The van der Waals surface area contributed by atoms with Crippen LogP contribution >= 0.6 is 0 Å². The second-order valence-electron chi connectivity index (χ2n) is 5.17. The van der Waals surface area contributed by atoms with Crippen LogP contribution in [0.25, 0.3) is 0 Å². The number of phenols is 1. The predicted octanol–water partition coefficient (Wildman–Crippen LogP) is 2.77. The fraction of sp³-hybridized carbons (Fsp3) is 0.467. The number of hydrogen-bond donors (Lipinski definition) is 1. The van der Waals surface area contributed by atoms with Gasteiger partial charge < -0.3 is 5.11 Å². The Labute approximate surface area is 113 Å². The molecule has 0 unspecified atom stereocenters. The lowest BCUT2D eigenvalue weighted by atomic mass is 9.81. The Bertz CT molecular complexity index is 532. The van der Waals surface area contributed by atoms with E-state index in [0.717, 1.165) is 5.56 Å². The molecular formula is C15H19NO3. The van der Waals surface area contributed by atoms with Crippen LogP contribution in [0.3, 0.4) is 0 Å². The highest BCUT2D eigenvalue weighted by Gasteiger charge is 2.49. The highest BCUT2D eigenvalue weighted by molar-refractivity contribution is 6.22. The summed E-state index contributed by atoms with van der Waals surface area (Å²) in [5, 5.41) is 9.73. The molecule has 0 radical (unpaired) electrons. The molecule has 0 bridgehead atoms. The Morgan fingerprint density at radius 3 is 2.37 bits per heavy atom. The molecule has 0 spiro atoms. The summed E-state index contributed by atoms with van der Waals surface area (Å²) in [4.78, 5) is 25.9. The number of amides is 2. The number of phenolic OH excluding ortho intramolecular Hbond substituents is 1. The van der Waals surface area contributed by atoms with Gasteiger partial charge in [0.05, 0.1) is 11.1 Å². The fourth-order valence-corrected chi connectivity index (χ4v) is 2.60. The van der Waals surface area contributed by atoms with Crippen molar-refractivity contribution in [3.05, 3.63) is 23.8 Å². The largest absolute Gasteiger partial charge is 0.508 e. The molecule has 4 nitrogen and oxygen atoms in total. The van der Waals surface area contributed by atoms with Gasteiger partial charge >= 0.3 is 0 Å². The molecule has 1 aliphatic rings. The summed E-state index contributed by atoms with van der Waals surface area (Å²) in [6, 6.07) is 4.89. The number of carbonyl (C=O) groups excluding carboxylic acids is 2. The number of carbonyl (C=O) groups is 2. The maximum Gasteiger partial charge on any atom is 0.240 e. The zero-order valence-electron chi connectivity index (χ0n) is 11.6. The molecule has 0 aliphatic carbocycles. The number of rotatable bonds is 3. The van der Waals surface area contributed by atoms with E-state index in [4.69, 9.17) is 0 Å². The molecule has 1 aliphatic heterocycles. The van der Waals surface area contributed by atoms with E-state index < -0.39 is 5.41 Å². The standard InChI is InChI=1S/C15H19NO3/c1-4-15(5-2)9-13(18)16(14(15)19)11-7-6-10(3)12(17)8-11/h6-8,17H,4-5,9H2,1-3H3. The van der Waals surface area contributed by atoms with Crippen molar-refractivity contribution in [2.75, 3.05) is 4.90 Å². The van der Waals surface area contributed by atoms with E-state index in [2.05, 4.69) is 0 Å². The van der Waals surface area contributed by atoms with Crippen molar-refractivity contribution in [3.8, 4) is 5.75 Å². The Balaban J connectivity index is 2.43. The summed E-state index contributed by atoms with van der Waals surface area (Å²) in [5.41, 5.74) is 0.611. The number of imide groups is 1. The SMILES string of the molecule is CCC1(CC)CC(=O)N(c2ccc(C)c(O)c2)C1=O. The first kappa shape index (κ1) is 13.6. The Kier molecular flexibility index (Phi) is 3.35. The lowest BCUT2D eigenvalue weighted by Crippen LogP contribution is -2.35. The van der Waals surface area contributed by atoms with Crippen LogP contribution in [0.5, 0.6) is 5.75 Å². The topological polar surface area (TPSA) is 57.6 Å². The van der Waals surface area contributed by atoms with Crippen molar-refractivity contribution >= 4 is 17.5 Å². The zero-order valence-corrected chi connectivity index (χ0v) is 11.6. The van der Waals surface area contributed by atoms with Crippen LogP contribution in [0, 0.1) is 12.3 Å². The van der Waals surface area contributed by atoms with E-state index in [9.17, 15) is 14.7 Å². The van der Waals surface area contributed by atoms with Gasteiger partial charge in [0.1, 0.15) is 5.75 Å². The van der Waals surface area contributed by atoms with Crippen molar-refractivity contribution in [1.29, 1.82) is 0 Å². The molecule has 2 rings (SSSR count). The molecule has 1 saturated heterocycles. The summed E-state index contributed by atoms with van der Waals surface area (Å²) in [5.74, 6) is -0.230. The van der Waals surface area contributed by atoms with Gasteiger partial charge in [0.2, 0.25) is 11.8 Å². The zero-order chi connectivity index (χ0) is 14.2. The minimum absolute atomic E-state index is 0.101. The van der Waals surface area contributed by atoms with E-state index in [1.807, 2.05) is 13.8 Å². The van der Waals surface area contributed by atoms with Gasteiger partial charge in [-0.2, -0.15) is 0 Å². The summed E-state index contributed by atoms with van der Waals surface area (Å²) in [6.07, 6.45) is 1.57. The fourth-order valence-electron chi connectivity index (χ4n) is 2.60. The Hall–Kier alpha value is -1.84.